The van der Waals surface area contributed by atoms with Crippen LogP contribution in [-0.2, 0) is 4.79 Å². The lowest BCUT2D eigenvalue weighted by atomic mass is 10.2. The van der Waals surface area contributed by atoms with E-state index in [0.717, 1.165) is 11.4 Å². The summed E-state index contributed by atoms with van der Waals surface area (Å²) in [5.74, 6) is -0.511. The van der Waals surface area contributed by atoms with Crippen molar-refractivity contribution in [3.8, 4) is 5.75 Å². The van der Waals surface area contributed by atoms with E-state index in [2.05, 4.69) is 0 Å². The first-order chi connectivity index (χ1) is 10.4. The molecule has 0 aliphatic rings. The summed E-state index contributed by atoms with van der Waals surface area (Å²) in [6, 6.07) is 12.4. The SMILES string of the molecule is CC(Oc1ccc(N(C)c2ccc(Cl)cc2Cl)cc1)C(=O)O. The van der Waals surface area contributed by atoms with Crippen LogP contribution in [0.5, 0.6) is 5.75 Å². The summed E-state index contributed by atoms with van der Waals surface area (Å²) in [4.78, 5) is 12.7. The third-order valence-corrected chi connectivity index (χ3v) is 3.69. The van der Waals surface area contributed by atoms with Gasteiger partial charge in [-0.25, -0.2) is 4.79 Å². The second-order valence-electron chi connectivity index (χ2n) is 4.75. The number of halogens is 2. The van der Waals surface area contributed by atoms with Gasteiger partial charge in [0.25, 0.3) is 0 Å². The van der Waals surface area contributed by atoms with E-state index in [0.29, 0.717) is 15.8 Å². The third-order valence-electron chi connectivity index (χ3n) is 3.16. The number of benzene rings is 2. The van der Waals surface area contributed by atoms with Crippen LogP contribution in [0.25, 0.3) is 0 Å². The zero-order valence-electron chi connectivity index (χ0n) is 12.1. The Balaban J connectivity index is 2.17. The van der Waals surface area contributed by atoms with Crippen LogP contribution in [-0.4, -0.2) is 24.2 Å². The van der Waals surface area contributed by atoms with Crippen molar-refractivity contribution in [1.82, 2.24) is 0 Å². The molecule has 1 atom stereocenters. The molecule has 4 nitrogen and oxygen atoms in total. The second-order valence-corrected chi connectivity index (χ2v) is 5.59. The molecule has 2 aromatic carbocycles. The fourth-order valence-corrected chi connectivity index (χ4v) is 2.43. The minimum atomic E-state index is -1.01. The first-order valence-corrected chi connectivity index (χ1v) is 7.32. The first-order valence-electron chi connectivity index (χ1n) is 6.57. The molecule has 22 heavy (non-hydrogen) atoms. The standard InChI is InChI=1S/C16H15Cl2NO3/c1-10(16(20)21)22-13-6-4-12(5-7-13)19(2)15-8-3-11(17)9-14(15)18/h3-10H,1-2H3,(H,20,21). The normalized spacial score (nSPS) is 11.8. The summed E-state index contributed by atoms with van der Waals surface area (Å²) in [5, 5.41) is 9.96. The molecule has 1 N–H and O–H groups in total. The van der Waals surface area contributed by atoms with E-state index in [-0.39, 0.29) is 0 Å². The molecule has 0 saturated carbocycles. The molecule has 2 rings (SSSR count). The number of anilines is 2. The quantitative estimate of drug-likeness (QED) is 0.863. The maximum Gasteiger partial charge on any atom is 0.344 e. The van der Waals surface area contributed by atoms with Crippen molar-refractivity contribution in [1.29, 1.82) is 0 Å². The molecule has 0 bridgehead atoms. The second kappa shape index (κ2) is 6.90. The maximum atomic E-state index is 10.8. The van der Waals surface area contributed by atoms with Crippen LogP contribution in [0.4, 0.5) is 11.4 Å². The number of rotatable bonds is 5. The molecule has 0 aliphatic heterocycles. The highest BCUT2D eigenvalue weighted by molar-refractivity contribution is 6.36. The molecule has 116 valence electrons. The van der Waals surface area contributed by atoms with E-state index in [1.807, 2.05) is 30.1 Å². The molecule has 0 fully saturated rings. The average Bonchev–Trinajstić information content (AvgIpc) is 2.47. The Morgan fingerprint density at radius 2 is 1.82 bits per heavy atom. The van der Waals surface area contributed by atoms with E-state index in [9.17, 15) is 4.79 Å². The lowest BCUT2D eigenvalue weighted by Crippen LogP contribution is -2.22. The molecule has 6 heteroatoms. The van der Waals surface area contributed by atoms with Gasteiger partial charge in [-0.1, -0.05) is 23.2 Å². The van der Waals surface area contributed by atoms with Crippen LogP contribution in [0.15, 0.2) is 42.5 Å². The van der Waals surface area contributed by atoms with E-state index < -0.39 is 12.1 Å². The lowest BCUT2D eigenvalue weighted by molar-refractivity contribution is -0.144. The molecule has 1 unspecified atom stereocenters. The van der Waals surface area contributed by atoms with Gasteiger partial charge in [-0.15, -0.1) is 0 Å². The summed E-state index contributed by atoms with van der Waals surface area (Å²) in [6.07, 6.45) is -0.894. The molecule has 0 spiro atoms. The topological polar surface area (TPSA) is 49.8 Å². The number of carbonyl (C=O) groups is 1. The van der Waals surface area contributed by atoms with E-state index in [4.69, 9.17) is 33.0 Å². The summed E-state index contributed by atoms with van der Waals surface area (Å²) >= 11 is 12.1. The maximum absolute atomic E-state index is 10.8. The van der Waals surface area contributed by atoms with Crippen LogP contribution in [0, 0.1) is 0 Å². The van der Waals surface area contributed by atoms with Crippen LogP contribution in [0.1, 0.15) is 6.92 Å². The number of ether oxygens (including phenoxy) is 1. The lowest BCUT2D eigenvalue weighted by Gasteiger charge is -2.21. The largest absolute Gasteiger partial charge is 0.479 e. The minimum absolute atomic E-state index is 0.495. The Morgan fingerprint density at radius 3 is 2.36 bits per heavy atom. The molecule has 0 aliphatic carbocycles. The predicted octanol–water partition coefficient (Wildman–Crippen LogP) is 4.61. The van der Waals surface area contributed by atoms with Crippen LogP contribution < -0.4 is 9.64 Å². The molecule has 0 heterocycles. The fraction of sp³-hybridized carbons (Fsp3) is 0.188. The van der Waals surface area contributed by atoms with Crippen molar-refractivity contribution in [3.05, 3.63) is 52.5 Å². The van der Waals surface area contributed by atoms with Crippen LogP contribution in [0.3, 0.4) is 0 Å². The van der Waals surface area contributed by atoms with Crippen molar-refractivity contribution < 1.29 is 14.6 Å². The van der Waals surface area contributed by atoms with Gasteiger partial charge in [0.15, 0.2) is 6.10 Å². The number of aliphatic carboxylic acids is 1. The number of carboxylic acids is 1. The molecule has 0 radical (unpaired) electrons. The smallest absolute Gasteiger partial charge is 0.344 e. The van der Waals surface area contributed by atoms with Gasteiger partial charge in [-0.05, 0) is 49.4 Å². The Hall–Kier alpha value is -1.91. The van der Waals surface area contributed by atoms with Crippen molar-refractivity contribution in [2.24, 2.45) is 0 Å². The van der Waals surface area contributed by atoms with Gasteiger partial charge in [0.2, 0.25) is 0 Å². The van der Waals surface area contributed by atoms with Gasteiger partial charge in [-0.3, -0.25) is 0 Å². The molecule has 0 amide bonds. The highest BCUT2D eigenvalue weighted by Gasteiger charge is 2.13. The third kappa shape index (κ3) is 3.84. The number of carboxylic acid groups (broad SMARTS) is 1. The number of hydrogen-bond acceptors (Lipinski definition) is 3. The van der Waals surface area contributed by atoms with Crippen molar-refractivity contribution >= 4 is 40.5 Å². The molecule has 2 aromatic rings. The monoisotopic (exact) mass is 339 g/mol. The zero-order chi connectivity index (χ0) is 16.3. The Labute approximate surface area is 138 Å². The summed E-state index contributed by atoms with van der Waals surface area (Å²) in [7, 11) is 1.88. The van der Waals surface area contributed by atoms with E-state index >= 15 is 0 Å². The number of hydrogen-bond donors (Lipinski definition) is 1. The number of nitrogens with zero attached hydrogens (tertiary/aromatic N) is 1. The molecular formula is C16H15Cl2NO3. The van der Waals surface area contributed by atoms with Crippen molar-refractivity contribution in [2.45, 2.75) is 13.0 Å². The Morgan fingerprint density at radius 1 is 1.18 bits per heavy atom. The molecule has 0 saturated heterocycles. The van der Waals surface area contributed by atoms with Gasteiger partial charge in [0.1, 0.15) is 5.75 Å². The summed E-state index contributed by atoms with van der Waals surface area (Å²) in [6.45, 7) is 1.48. The summed E-state index contributed by atoms with van der Waals surface area (Å²) < 4.78 is 5.29. The van der Waals surface area contributed by atoms with Gasteiger partial charge < -0.3 is 14.7 Å². The highest BCUT2D eigenvalue weighted by Crippen LogP contribution is 2.33. The Kier molecular flexibility index (Phi) is 5.16. The average molecular weight is 340 g/mol. The van der Waals surface area contributed by atoms with Crippen LogP contribution >= 0.6 is 23.2 Å². The first kappa shape index (κ1) is 16.5. The summed E-state index contributed by atoms with van der Waals surface area (Å²) in [5.41, 5.74) is 1.71. The predicted molar refractivity (Wildman–Crippen MR) is 88.7 cm³/mol. The zero-order valence-corrected chi connectivity index (χ0v) is 13.6. The van der Waals surface area contributed by atoms with Crippen molar-refractivity contribution in [3.63, 3.8) is 0 Å². The van der Waals surface area contributed by atoms with Crippen molar-refractivity contribution in [2.75, 3.05) is 11.9 Å². The Bertz CT molecular complexity index is 674. The van der Waals surface area contributed by atoms with Gasteiger partial charge in [0.05, 0.1) is 10.7 Å². The van der Waals surface area contributed by atoms with Gasteiger partial charge >= 0.3 is 5.97 Å². The molecular weight excluding hydrogens is 325 g/mol. The van der Waals surface area contributed by atoms with E-state index in [1.165, 1.54) is 6.92 Å². The van der Waals surface area contributed by atoms with Crippen LogP contribution in [0.2, 0.25) is 10.0 Å². The minimum Gasteiger partial charge on any atom is -0.479 e. The molecule has 0 aromatic heterocycles. The van der Waals surface area contributed by atoms with Gasteiger partial charge in [-0.2, -0.15) is 0 Å². The van der Waals surface area contributed by atoms with Gasteiger partial charge in [0, 0.05) is 17.8 Å². The van der Waals surface area contributed by atoms with E-state index in [1.54, 1.807) is 24.3 Å². The highest BCUT2D eigenvalue weighted by atomic mass is 35.5. The fourth-order valence-electron chi connectivity index (χ4n) is 1.90.